The molecule has 3 aromatic heterocycles. The van der Waals surface area contributed by atoms with Gasteiger partial charge in [-0.05, 0) is 47.5 Å². The third kappa shape index (κ3) is 4.53. The molecule has 0 atom stereocenters. The molecule has 0 aliphatic carbocycles. The summed E-state index contributed by atoms with van der Waals surface area (Å²) in [4.78, 5) is 18.9. The molecule has 0 aliphatic rings. The van der Waals surface area contributed by atoms with Crippen molar-refractivity contribution in [3.8, 4) is 51.1 Å². The predicted molar refractivity (Wildman–Crippen MR) is 174 cm³/mol. The lowest BCUT2D eigenvalue weighted by atomic mass is 10.0. The Kier molecular flexibility index (Phi) is 6.05. The lowest BCUT2D eigenvalue weighted by Crippen LogP contribution is -2.00. The Morgan fingerprint density at radius 2 is 0.860 bits per heavy atom. The number of para-hydroxylation sites is 2. The Balaban J connectivity index is 1.15. The third-order valence-corrected chi connectivity index (χ3v) is 7.74. The zero-order valence-corrected chi connectivity index (χ0v) is 23.2. The molecule has 5 heteroatoms. The highest BCUT2D eigenvalue weighted by Gasteiger charge is 2.14. The molecule has 8 rings (SSSR count). The Hall–Kier alpha value is -5.94. The third-order valence-electron chi connectivity index (χ3n) is 7.74. The largest absolute Gasteiger partial charge is 0.309 e. The summed E-state index contributed by atoms with van der Waals surface area (Å²) in [7, 11) is 0. The van der Waals surface area contributed by atoms with Crippen molar-refractivity contribution < 1.29 is 0 Å². The molecule has 0 unspecified atom stereocenters. The molecule has 0 fully saturated rings. The maximum absolute atomic E-state index is 4.84. The van der Waals surface area contributed by atoms with Crippen molar-refractivity contribution >= 4 is 21.8 Å². The van der Waals surface area contributed by atoms with Crippen molar-refractivity contribution in [1.82, 2.24) is 24.5 Å². The molecule has 3 heterocycles. The van der Waals surface area contributed by atoms with Gasteiger partial charge < -0.3 is 4.57 Å². The molecule has 0 saturated carbocycles. The van der Waals surface area contributed by atoms with Crippen LogP contribution >= 0.6 is 0 Å². The number of hydrogen-bond donors (Lipinski definition) is 0. The van der Waals surface area contributed by atoms with Crippen molar-refractivity contribution in [2.75, 3.05) is 0 Å². The molecular formula is C38H25N5. The lowest BCUT2D eigenvalue weighted by Gasteiger charge is -2.10. The van der Waals surface area contributed by atoms with Crippen LogP contribution in [0.4, 0.5) is 0 Å². The van der Waals surface area contributed by atoms with Crippen LogP contribution in [0.3, 0.4) is 0 Å². The van der Waals surface area contributed by atoms with E-state index in [4.69, 9.17) is 15.0 Å². The zero-order chi connectivity index (χ0) is 28.6. The molecule has 5 nitrogen and oxygen atoms in total. The van der Waals surface area contributed by atoms with Crippen LogP contribution in [0.5, 0.6) is 0 Å². The van der Waals surface area contributed by atoms with Gasteiger partial charge in [0.2, 0.25) is 0 Å². The molecule has 0 N–H and O–H groups in total. The Bertz CT molecular complexity index is 2090. The number of fused-ring (bicyclic) bond motifs is 3. The van der Waals surface area contributed by atoms with Crippen LogP contribution in [-0.4, -0.2) is 24.5 Å². The smallest absolute Gasteiger partial charge is 0.182 e. The van der Waals surface area contributed by atoms with Crippen molar-refractivity contribution in [3.05, 3.63) is 152 Å². The van der Waals surface area contributed by atoms with E-state index in [9.17, 15) is 0 Å². The van der Waals surface area contributed by atoms with E-state index in [0.29, 0.717) is 23.2 Å². The zero-order valence-electron chi connectivity index (χ0n) is 23.2. The van der Waals surface area contributed by atoms with Gasteiger partial charge in [-0.2, -0.15) is 0 Å². The van der Waals surface area contributed by atoms with E-state index >= 15 is 0 Å². The van der Waals surface area contributed by atoms with Gasteiger partial charge in [-0.1, -0.05) is 109 Å². The van der Waals surface area contributed by atoms with Crippen molar-refractivity contribution in [3.63, 3.8) is 0 Å². The standard InChI is InChI=1S/C38H25N5/c1-2-10-28(11-3-1)36-40-37(42-38(41-36)33-14-8-9-25-39-33)29-19-17-26(18-20-29)27-21-23-30(24-22-27)43-34-15-6-4-12-31(34)32-13-5-7-16-35(32)43/h1-25H. The maximum atomic E-state index is 4.84. The first-order chi connectivity index (χ1) is 21.3. The van der Waals surface area contributed by atoms with Gasteiger partial charge in [0, 0.05) is 33.8 Å². The highest BCUT2D eigenvalue weighted by molar-refractivity contribution is 6.09. The minimum absolute atomic E-state index is 0.550. The van der Waals surface area contributed by atoms with Gasteiger partial charge in [-0.3, -0.25) is 4.98 Å². The summed E-state index contributed by atoms with van der Waals surface area (Å²) >= 11 is 0. The number of pyridine rings is 1. The molecule has 0 saturated heterocycles. The Labute approximate surface area is 248 Å². The fraction of sp³-hybridized carbons (Fsp3) is 0. The van der Waals surface area contributed by atoms with Crippen LogP contribution < -0.4 is 0 Å². The van der Waals surface area contributed by atoms with Crippen molar-refractivity contribution in [1.29, 1.82) is 0 Å². The van der Waals surface area contributed by atoms with Gasteiger partial charge in [-0.15, -0.1) is 0 Å². The van der Waals surface area contributed by atoms with E-state index in [2.05, 4.69) is 107 Å². The number of hydrogen-bond acceptors (Lipinski definition) is 4. The first kappa shape index (κ1) is 24.8. The number of aromatic nitrogens is 5. The van der Waals surface area contributed by atoms with Crippen LogP contribution in [0, 0.1) is 0 Å². The van der Waals surface area contributed by atoms with E-state index < -0.39 is 0 Å². The maximum Gasteiger partial charge on any atom is 0.182 e. The minimum atomic E-state index is 0.550. The number of rotatable bonds is 5. The molecule has 8 aromatic rings. The van der Waals surface area contributed by atoms with Crippen LogP contribution in [0.15, 0.2) is 152 Å². The molecule has 0 spiro atoms. The van der Waals surface area contributed by atoms with Crippen LogP contribution in [0.2, 0.25) is 0 Å². The first-order valence-corrected chi connectivity index (χ1v) is 14.2. The minimum Gasteiger partial charge on any atom is -0.309 e. The predicted octanol–water partition coefficient (Wildman–Crippen LogP) is 9.03. The summed E-state index contributed by atoms with van der Waals surface area (Å²) in [6, 6.07) is 50.0. The second-order valence-corrected chi connectivity index (χ2v) is 10.4. The van der Waals surface area contributed by atoms with Gasteiger partial charge in [0.05, 0.1) is 11.0 Å². The van der Waals surface area contributed by atoms with E-state index in [-0.39, 0.29) is 0 Å². The fourth-order valence-corrected chi connectivity index (χ4v) is 5.65. The number of nitrogens with zero attached hydrogens (tertiary/aromatic N) is 5. The van der Waals surface area contributed by atoms with Crippen LogP contribution in [-0.2, 0) is 0 Å². The molecular weight excluding hydrogens is 526 g/mol. The molecule has 43 heavy (non-hydrogen) atoms. The summed E-state index contributed by atoms with van der Waals surface area (Å²) in [6.45, 7) is 0. The van der Waals surface area contributed by atoms with Gasteiger partial charge in [0.15, 0.2) is 17.5 Å². The average molecular weight is 552 g/mol. The molecule has 202 valence electrons. The van der Waals surface area contributed by atoms with Crippen molar-refractivity contribution in [2.45, 2.75) is 0 Å². The highest BCUT2D eigenvalue weighted by Crippen LogP contribution is 2.33. The van der Waals surface area contributed by atoms with E-state index in [0.717, 1.165) is 27.9 Å². The lowest BCUT2D eigenvalue weighted by molar-refractivity contribution is 1.06. The summed E-state index contributed by atoms with van der Waals surface area (Å²) in [5, 5.41) is 2.52. The summed E-state index contributed by atoms with van der Waals surface area (Å²) in [5.74, 6) is 1.79. The molecule has 0 aliphatic heterocycles. The summed E-state index contributed by atoms with van der Waals surface area (Å²) in [5.41, 5.74) is 8.38. The average Bonchev–Trinajstić information content (AvgIpc) is 3.43. The van der Waals surface area contributed by atoms with E-state index in [1.807, 2.05) is 48.5 Å². The quantitative estimate of drug-likeness (QED) is 0.214. The van der Waals surface area contributed by atoms with Crippen LogP contribution in [0.1, 0.15) is 0 Å². The Morgan fingerprint density at radius 1 is 0.372 bits per heavy atom. The van der Waals surface area contributed by atoms with E-state index in [1.54, 1.807) is 6.20 Å². The molecule has 0 bridgehead atoms. The highest BCUT2D eigenvalue weighted by atomic mass is 15.0. The summed E-state index contributed by atoms with van der Waals surface area (Å²) in [6.07, 6.45) is 1.75. The van der Waals surface area contributed by atoms with Gasteiger partial charge in [0.25, 0.3) is 0 Å². The monoisotopic (exact) mass is 551 g/mol. The number of benzene rings is 5. The molecule has 0 amide bonds. The van der Waals surface area contributed by atoms with Gasteiger partial charge in [0.1, 0.15) is 5.69 Å². The van der Waals surface area contributed by atoms with Crippen molar-refractivity contribution in [2.24, 2.45) is 0 Å². The Morgan fingerprint density at radius 3 is 1.47 bits per heavy atom. The van der Waals surface area contributed by atoms with Gasteiger partial charge in [-0.25, -0.2) is 15.0 Å². The van der Waals surface area contributed by atoms with Crippen LogP contribution in [0.25, 0.3) is 72.9 Å². The SMILES string of the molecule is c1ccc(-c2nc(-c3ccc(-c4ccc(-n5c6ccccc6c6ccccc65)cc4)cc3)nc(-c3ccccn3)n2)cc1. The summed E-state index contributed by atoms with van der Waals surface area (Å²) < 4.78 is 2.34. The molecule has 5 aromatic carbocycles. The second-order valence-electron chi connectivity index (χ2n) is 10.4. The molecule has 0 radical (unpaired) electrons. The second kappa shape index (κ2) is 10.5. The topological polar surface area (TPSA) is 56.5 Å². The normalized spacial score (nSPS) is 11.3. The first-order valence-electron chi connectivity index (χ1n) is 14.2. The fourth-order valence-electron chi connectivity index (χ4n) is 5.65. The van der Waals surface area contributed by atoms with Gasteiger partial charge >= 0.3 is 0 Å². The van der Waals surface area contributed by atoms with E-state index in [1.165, 1.54) is 21.8 Å².